The van der Waals surface area contributed by atoms with Gasteiger partial charge in [-0.3, -0.25) is 15.2 Å². The summed E-state index contributed by atoms with van der Waals surface area (Å²) in [7, 11) is 0. The predicted molar refractivity (Wildman–Crippen MR) is 74.2 cm³/mol. The summed E-state index contributed by atoms with van der Waals surface area (Å²) in [4.78, 5) is 17.0. The van der Waals surface area contributed by atoms with E-state index in [2.05, 4.69) is 5.59 Å². The molecule has 20 heavy (non-hydrogen) atoms. The fourth-order valence-electron chi connectivity index (χ4n) is 2.12. The average molecular weight is 267 g/mol. The van der Waals surface area contributed by atoms with Gasteiger partial charge in [0.25, 0.3) is 5.90 Å². The highest BCUT2D eigenvalue weighted by molar-refractivity contribution is 6.12. The van der Waals surface area contributed by atoms with Crippen LogP contribution in [0.1, 0.15) is 5.56 Å². The van der Waals surface area contributed by atoms with Crippen molar-refractivity contribution in [1.82, 2.24) is 10.6 Å². The lowest BCUT2D eigenvalue weighted by Gasteiger charge is -2.18. The van der Waals surface area contributed by atoms with Crippen LogP contribution in [-0.2, 0) is 16.2 Å². The van der Waals surface area contributed by atoms with Crippen LogP contribution in [0.15, 0.2) is 65.9 Å². The van der Waals surface area contributed by atoms with E-state index in [9.17, 15) is 4.79 Å². The summed E-state index contributed by atoms with van der Waals surface area (Å²) in [6.45, 7) is 0.507. The Hall–Kier alpha value is -2.66. The van der Waals surface area contributed by atoms with Crippen molar-refractivity contribution in [2.45, 2.75) is 6.54 Å². The molecule has 1 aromatic rings. The Morgan fingerprint density at radius 3 is 2.65 bits per heavy atom. The Bertz CT molecular complexity index is 644. The molecule has 2 aliphatic rings. The zero-order valence-electron chi connectivity index (χ0n) is 10.7. The highest BCUT2D eigenvalue weighted by Crippen LogP contribution is 2.22. The van der Waals surface area contributed by atoms with Gasteiger partial charge in [0.05, 0.1) is 12.1 Å². The average Bonchev–Trinajstić information content (AvgIpc) is 2.82. The van der Waals surface area contributed by atoms with Crippen molar-refractivity contribution in [3.05, 3.63) is 71.5 Å². The normalized spacial score (nSPS) is 21.5. The number of nitrogens with zero attached hydrogens (tertiary/aromatic N) is 1. The molecule has 1 aliphatic heterocycles. The van der Waals surface area contributed by atoms with Crippen LogP contribution in [0.2, 0.25) is 0 Å². The maximum atomic E-state index is 11.9. The summed E-state index contributed by atoms with van der Waals surface area (Å²) >= 11 is 0. The molecule has 0 bridgehead atoms. The number of carbonyl (C=O) groups is 1. The largest absolute Gasteiger partial charge is 0.367 e. The van der Waals surface area contributed by atoms with Gasteiger partial charge in [0.15, 0.2) is 5.78 Å². The standard InChI is InChI=1S/C15H13N3O2/c16-15-14(12-8-4-5-9-13(12)19)18(17-20-15)10-11-6-2-1-3-7-11/h1-9,16-17H,10H2. The Labute approximate surface area is 116 Å². The smallest absolute Gasteiger partial charge is 0.258 e. The number of allylic oxidation sites excluding steroid dienone is 5. The van der Waals surface area contributed by atoms with Gasteiger partial charge < -0.3 is 4.84 Å². The first kappa shape index (κ1) is 12.4. The molecular formula is C15H13N3O2. The van der Waals surface area contributed by atoms with Crippen molar-refractivity contribution in [2.75, 3.05) is 0 Å². The molecule has 3 rings (SSSR count). The third-order valence-electron chi connectivity index (χ3n) is 3.07. The first-order valence-corrected chi connectivity index (χ1v) is 6.22. The van der Waals surface area contributed by atoms with E-state index in [-0.39, 0.29) is 11.7 Å². The number of benzene rings is 1. The molecule has 2 N–H and O–H groups in total. The Balaban J connectivity index is 1.93. The van der Waals surface area contributed by atoms with Crippen molar-refractivity contribution in [1.29, 1.82) is 5.41 Å². The number of hydrogen-bond donors (Lipinski definition) is 2. The molecular weight excluding hydrogens is 254 g/mol. The molecule has 1 aliphatic carbocycles. The maximum absolute atomic E-state index is 11.9. The third-order valence-corrected chi connectivity index (χ3v) is 3.07. The number of hydrogen-bond acceptors (Lipinski definition) is 5. The molecule has 5 nitrogen and oxygen atoms in total. The molecule has 0 atom stereocenters. The van der Waals surface area contributed by atoms with E-state index >= 15 is 0 Å². The van der Waals surface area contributed by atoms with Crippen molar-refractivity contribution < 1.29 is 9.63 Å². The zero-order chi connectivity index (χ0) is 13.9. The van der Waals surface area contributed by atoms with E-state index in [1.165, 1.54) is 6.08 Å². The summed E-state index contributed by atoms with van der Waals surface area (Å²) in [5.41, 5.74) is 4.63. The molecule has 1 heterocycles. The van der Waals surface area contributed by atoms with Gasteiger partial charge in [-0.25, -0.2) is 0 Å². The first-order valence-electron chi connectivity index (χ1n) is 6.22. The number of rotatable bonds is 2. The first-order chi connectivity index (χ1) is 9.75. The lowest BCUT2D eigenvalue weighted by Crippen LogP contribution is -2.29. The van der Waals surface area contributed by atoms with E-state index in [1.807, 2.05) is 30.3 Å². The molecule has 1 saturated heterocycles. The molecule has 0 radical (unpaired) electrons. The van der Waals surface area contributed by atoms with E-state index < -0.39 is 0 Å². The summed E-state index contributed by atoms with van der Waals surface area (Å²) in [6.07, 6.45) is 6.63. The highest BCUT2D eigenvalue weighted by Gasteiger charge is 2.29. The molecule has 0 spiro atoms. The molecule has 0 unspecified atom stereocenters. The Morgan fingerprint density at radius 1 is 1.15 bits per heavy atom. The van der Waals surface area contributed by atoms with E-state index in [4.69, 9.17) is 10.2 Å². The van der Waals surface area contributed by atoms with Gasteiger partial charge in [-0.05, 0) is 17.7 Å². The van der Waals surface area contributed by atoms with Gasteiger partial charge in [0.2, 0.25) is 0 Å². The van der Waals surface area contributed by atoms with Gasteiger partial charge in [-0.1, -0.05) is 48.1 Å². The minimum absolute atomic E-state index is 0.0516. The van der Waals surface area contributed by atoms with E-state index in [1.54, 1.807) is 23.2 Å². The van der Waals surface area contributed by atoms with Crippen LogP contribution in [0.5, 0.6) is 0 Å². The van der Waals surface area contributed by atoms with Crippen LogP contribution >= 0.6 is 0 Å². The minimum Gasteiger partial charge on any atom is -0.367 e. The van der Waals surface area contributed by atoms with Crippen molar-refractivity contribution in [3.8, 4) is 0 Å². The predicted octanol–water partition coefficient (Wildman–Crippen LogP) is 1.86. The molecule has 1 fully saturated rings. The van der Waals surface area contributed by atoms with Gasteiger partial charge >= 0.3 is 0 Å². The second-order valence-electron chi connectivity index (χ2n) is 4.44. The van der Waals surface area contributed by atoms with Crippen LogP contribution in [-0.4, -0.2) is 16.7 Å². The quantitative estimate of drug-likeness (QED) is 0.803. The molecule has 5 heteroatoms. The van der Waals surface area contributed by atoms with Gasteiger partial charge in [0, 0.05) is 0 Å². The van der Waals surface area contributed by atoms with Gasteiger partial charge in [0.1, 0.15) is 5.70 Å². The Kier molecular flexibility index (Phi) is 3.18. The molecule has 0 amide bonds. The van der Waals surface area contributed by atoms with Crippen LogP contribution in [0.4, 0.5) is 0 Å². The van der Waals surface area contributed by atoms with Crippen molar-refractivity contribution in [3.63, 3.8) is 0 Å². The van der Waals surface area contributed by atoms with Crippen molar-refractivity contribution >= 4 is 11.7 Å². The summed E-state index contributed by atoms with van der Waals surface area (Å²) in [5.74, 6) is -0.179. The molecule has 1 aromatic carbocycles. The summed E-state index contributed by atoms with van der Waals surface area (Å²) < 4.78 is 0. The fraction of sp³-hybridized carbons (Fsp3) is 0.0667. The fourth-order valence-corrected chi connectivity index (χ4v) is 2.12. The molecule has 100 valence electrons. The summed E-state index contributed by atoms with van der Waals surface area (Å²) in [5, 5.41) is 9.50. The van der Waals surface area contributed by atoms with Crippen LogP contribution in [0.25, 0.3) is 0 Å². The second-order valence-corrected chi connectivity index (χ2v) is 4.44. The van der Waals surface area contributed by atoms with Crippen molar-refractivity contribution in [2.24, 2.45) is 0 Å². The SMILES string of the molecule is N=C1ONN(Cc2ccccc2)C1=C1C=CC=CC1=O. The van der Waals surface area contributed by atoms with Crippen LogP contribution in [0.3, 0.4) is 0 Å². The van der Waals surface area contributed by atoms with Crippen LogP contribution in [0, 0.1) is 5.41 Å². The molecule has 0 saturated carbocycles. The van der Waals surface area contributed by atoms with Gasteiger partial charge in [-0.2, -0.15) is 0 Å². The minimum atomic E-state index is -0.127. The zero-order valence-corrected chi connectivity index (χ0v) is 10.7. The Morgan fingerprint density at radius 2 is 1.90 bits per heavy atom. The molecule has 0 aromatic heterocycles. The van der Waals surface area contributed by atoms with E-state index in [0.717, 1.165) is 5.56 Å². The van der Waals surface area contributed by atoms with E-state index in [0.29, 0.717) is 17.8 Å². The number of carbonyl (C=O) groups excluding carboxylic acids is 1. The lowest BCUT2D eigenvalue weighted by atomic mass is 10.0. The number of ketones is 1. The number of nitrogens with one attached hydrogen (secondary N) is 2. The number of hydrazine groups is 1. The lowest BCUT2D eigenvalue weighted by molar-refractivity contribution is -0.111. The topological polar surface area (TPSA) is 65.4 Å². The van der Waals surface area contributed by atoms with Crippen LogP contribution < -0.4 is 5.59 Å². The monoisotopic (exact) mass is 267 g/mol. The maximum Gasteiger partial charge on any atom is 0.258 e. The van der Waals surface area contributed by atoms with Gasteiger partial charge in [-0.15, -0.1) is 0 Å². The second kappa shape index (κ2) is 5.14. The summed E-state index contributed by atoms with van der Waals surface area (Å²) in [6, 6.07) is 9.78. The third kappa shape index (κ3) is 2.26. The highest BCUT2D eigenvalue weighted by atomic mass is 16.7.